The molecule has 1 N–H and O–H groups in total. The Hall–Kier alpha value is -2.62. The van der Waals surface area contributed by atoms with Gasteiger partial charge in [0.05, 0.1) is 10.9 Å². The van der Waals surface area contributed by atoms with E-state index < -0.39 is 0 Å². The lowest BCUT2D eigenvalue weighted by Gasteiger charge is -2.10. The Balaban J connectivity index is 1.92. The Morgan fingerprint density at radius 2 is 1.71 bits per heavy atom. The van der Waals surface area contributed by atoms with Gasteiger partial charge in [-0.15, -0.1) is 0 Å². The lowest BCUT2D eigenvalue weighted by molar-refractivity contribution is 0.298. The average molecular weight is 279 g/mol. The lowest BCUT2D eigenvalue weighted by Crippen LogP contribution is -2.05. The first-order valence-electron chi connectivity index (χ1n) is 7.04. The summed E-state index contributed by atoms with van der Waals surface area (Å²) in [5, 5.41) is 4.06. The molecule has 106 valence electrons. The average Bonchev–Trinajstić information content (AvgIpc) is 2.54. The van der Waals surface area contributed by atoms with E-state index in [1.807, 2.05) is 61.5 Å². The molecule has 0 saturated heterocycles. The highest BCUT2D eigenvalue weighted by atomic mass is 16.5. The second-order valence-electron chi connectivity index (χ2n) is 4.67. The van der Waals surface area contributed by atoms with E-state index in [9.17, 15) is 0 Å². The number of nitrogens with one attached hydrogen (secondary N) is 1. The zero-order valence-electron chi connectivity index (χ0n) is 11.9. The van der Waals surface area contributed by atoms with E-state index in [1.165, 1.54) is 0 Å². The van der Waals surface area contributed by atoms with Gasteiger partial charge in [0.2, 0.25) is 11.8 Å². The monoisotopic (exact) mass is 279 g/mol. The van der Waals surface area contributed by atoms with Crippen molar-refractivity contribution < 1.29 is 4.74 Å². The predicted octanol–water partition coefficient (Wildman–Crippen LogP) is 3.64. The van der Waals surface area contributed by atoms with Crippen LogP contribution in [-0.2, 0) is 6.61 Å². The van der Waals surface area contributed by atoms with Crippen LogP contribution >= 0.6 is 0 Å². The molecule has 3 rings (SSSR count). The number of hydrogen-bond donors (Lipinski definition) is 1. The van der Waals surface area contributed by atoms with Gasteiger partial charge in [0.1, 0.15) is 6.61 Å². The number of hydrogen-bond acceptors (Lipinski definition) is 4. The van der Waals surface area contributed by atoms with Crippen LogP contribution in [0.25, 0.3) is 10.9 Å². The third-order valence-electron chi connectivity index (χ3n) is 3.12. The standard InChI is InChI=1S/C17H17N3O/c1-2-18-17-19-15-11-7-6-10-14(15)16(20-17)21-12-13-8-4-3-5-9-13/h3-11H,2,12H2,1H3,(H,18,19,20). The molecule has 0 saturated carbocycles. The SMILES string of the molecule is CCNc1nc(OCc2ccccc2)c2ccccc2n1. The molecule has 2 aromatic carbocycles. The van der Waals surface area contributed by atoms with Crippen molar-refractivity contribution in [2.24, 2.45) is 0 Å². The summed E-state index contributed by atoms with van der Waals surface area (Å²) >= 11 is 0. The molecule has 0 unspecified atom stereocenters. The molecule has 0 bridgehead atoms. The number of benzene rings is 2. The number of aromatic nitrogens is 2. The van der Waals surface area contributed by atoms with Crippen molar-refractivity contribution >= 4 is 16.9 Å². The minimum absolute atomic E-state index is 0.493. The number of ether oxygens (including phenoxy) is 1. The number of nitrogens with zero attached hydrogens (tertiary/aromatic N) is 2. The van der Waals surface area contributed by atoms with Crippen molar-refractivity contribution in [2.75, 3.05) is 11.9 Å². The highest BCUT2D eigenvalue weighted by Crippen LogP contribution is 2.24. The molecule has 0 aliphatic carbocycles. The van der Waals surface area contributed by atoms with Crippen LogP contribution in [-0.4, -0.2) is 16.5 Å². The van der Waals surface area contributed by atoms with Crippen LogP contribution in [0.2, 0.25) is 0 Å². The van der Waals surface area contributed by atoms with Crippen LogP contribution in [0.5, 0.6) is 5.88 Å². The van der Waals surface area contributed by atoms with Gasteiger partial charge in [0, 0.05) is 6.54 Å². The first-order chi connectivity index (χ1) is 10.4. The third kappa shape index (κ3) is 3.11. The van der Waals surface area contributed by atoms with Crippen molar-refractivity contribution in [1.29, 1.82) is 0 Å². The van der Waals surface area contributed by atoms with Crippen LogP contribution in [0, 0.1) is 0 Å². The molecular formula is C17H17N3O. The summed E-state index contributed by atoms with van der Waals surface area (Å²) in [6, 6.07) is 17.9. The van der Waals surface area contributed by atoms with Gasteiger partial charge in [-0.2, -0.15) is 4.98 Å². The molecule has 4 heteroatoms. The van der Waals surface area contributed by atoms with Gasteiger partial charge in [-0.3, -0.25) is 0 Å². The van der Waals surface area contributed by atoms with Crippen molar-refractivity contribution in [1.82, 2.24) is 9.97 Å². The fraction of sp³-hybridized carbons (Fsp3) is 0.176. The van der Waals surface area contributed by atoms with E-state index in [0.29, 0.717) is 18.4 Å². The van der Waals surface area contributed by atoms with Gasteiger partial charge in [-0.25, -0.2) is 4.98 Å². The highest BCUT2D eigenvalue weighted by molar-refractivity contribution is 5.84. The summed E-state index contributed by atoms with van der Waals surface area (Å²) in [6.07, 6.45) is 0. The topological polar surface area (TPSA) is 47.0 Å². The van der Waals surface area contributed by atoms with Crippen LogP contribution in [0.3, 0.4) is 0 Å². The number of para-hydroxylation sites is 1. The Kier molecular flexibility index (Phi) is 3.96. The summed E-state index contributed by atoms with van der Waals surface area (Å²) < 4.78 is 5.90. The third-order valence-corrected chi connectivity index (χ3v) is 3.12. The summed E-state index contributed by atoms with van der Waals surface area (Å²) in [6.45, 7) is 3.28. The first kappa shape index (κ1) is 13.4. The smallest absolute Gasteiger partial charge is 0.226 e. The molecular weight excluding hydrogens is 262 g/mol. The maximum atomic E-state index is 5.90. The van der Waals surface area contributed by atoms with Gasteiger partial charge in [0.15, 0.2) is 0 Å². The van der Waals surface area contributed by atoms with Crippen LogP contribution in [0.15, 0.2) is 54.6 Å². The minimum Gasteiger partial charge on any atom is -0.472 e. The molecule has 0 spiro atoms. The van der Waals surface area contributed by atoms with E-state index in [-0.39, 0.29) is 0 Å². The van der Waals surface area contributed by atoms with Crippen molar-refractivity contribution in [3.63, 3.8) is 0 Å². The fourth-order valence-electron chi connectivity index (χ4n) is 2.12. The molecule has 1 heterocycles. The van der Waals surface area contributed by atoms with E-state index in [0.717, 1.165) is 23.0 Å². The van der Waals surface area contributed by atoms with E-state index in [1.54, 1.807) is 0 Å². The minimum atomic E-state index is 0.493. The molecule has 0 aliphatic heterocycles. The molecule has 21 heavy (non-hydrogen) atoms. The number of rotatable bonds is 5. The number of fused-ring (bicyclic) bond motifs is 1. The molecule has 1 aromatic heterocycles. The normalized spacial score (nSPS) is 10.5. The summed E-state index contributed by atoms with van der Waals surface area (Å²) in [5.41, 5.74) is 2.00. The van der Waals surface area contributed by atoms with Gasteiger partial charge in [0.25, 0.3) is 0 Å². The largest absolute Gasteiger partial charge is 0.472 e. The summed E-state index contributed by atoms with van der Waals surface area (Å²) in [5.74, 6) is 1.21. The van der Waals surface area contributed by atoms with Gasteiger partial charge in [-0.1, -0.05) is 42.5 Å². The van der Waals surface area contributed by atoms with Gasteiger partial charge in [-0.05, 0) is 24.6 Å². The Morgan fingerprint density at radius 1 is 0.952 bits per heavy atom. The molecule has 4 nitrogen and oxygen atoms in total. The van der Waals surface area contributed by atoms with Gasteiger partial charge < -0.3 is 10.1 Å². The second-order valence-corrected chi connectivity index (χ2v) is 4.67. The van der Waals surface area contributed by atoms with Crippen molar-refractivity contribution in [3.8, 4) is 5.88 Å². The maximum absolute atomic E-state index is 5.90. The zero-order valence-corrected chi connectivity index (χ0v) is 11.9. The Labute approximate surface area is 123 Å². The molecule has 0 amide bonds. The van der Waals surface area contributed by atoms with Crippen LogP contribution < -0.4 is 10.1 Å². The predicted molar refractivity (Wildman–Crippen MR) is 84.5 cm³/mol. The Bertz CT molecular complexity index is 728. The van der Waals surface area contributed by atoms with E-state index in [4.69, 9.17) is 4.74 Å². The quantitative estimate of drug-likeness (QED) is 0.774. The first-order valence-corrected chi connectivity index (χ1v) is 7.04. The molecule has 3 aromatic rings. The molecule has 0 atom stereocenters. The number of anilines is 1. The fourth-order valence-corrected chi connectivity index (χ4v) is 2.12. The molecule has 0 fully saturated rings. The highest BCUT2D eigenvalue weighted by Gasteiger charge is 2.08. The van der Waals surface area contributed by atoms with E-state index >= 15 is 0 Å². The maximum Gasteiger partial charge on any atom is 0.226 e. The lowest BCUT2D eigenvalue weighted by atomic mass is 10.2. The van der Waals surface area contributed by atoms with Crippen molar-refractivity contribution in [3.05, 3.63) is 60.2 Å². The van der Waals surface area contributed by atoms with Crippen LogP contribution in [0.4, 0.5) is 5.95 Å². The van der Waals surface area contributed by atoms with E-state index in [2.05, 4.69) is 15.3 Å². The molecule has 0 radical (unpaired) electrons. The summed E-state index contributed by atoms with van der Waals surface area (Å²) in [7, 11) is 0. The Morgan fingerprint density at radius 3 is 2.52 bits per heavy atom. The second kappa shape index (κ2) is 6.22. The van der Waals surface area contributed by atoms with Crippen LogP contribution in [0.1, 0.15) is 12.5 Å². The summed E-state index contributed by atoms with van der Waals surface area (Å²) in [4.78, 5) is 8.94. The molecule has 0 aliphatic rings. The zero-order chi connectivity index (χ0) is 14.5. The van der Waals surface area contributed by atoms with Gasteiger partial charge >= 0.3 is 0 Å². The van der Waals surface area contributed by atoms with Crippen molar-refractivity contribution in [2.45, 2.75) is 13.5 Å².